The van der Waals surface area contributed by atoms with Crippen molar-refractivity contribution in [2.45, 2.75) is 26.1 Å². The van der Waals surface area contributed by atoms with Crippen molar-refractivity contribution < 1.29 is 22.7 Å². The van der Waals surface area contributed by atoms with Crippen LogP contribution in [-0.4, -0.2) is 34.2 Å². The summed E-state index contributed by atoms with van der Waals surface area (Å²) in [5.74, 6) is -0.787. The maximum atomic E-state index is 12.1. The second-order valence-corrected chi connectivity index (χ2v) is 3.00. The minimum atomic E-state index is -4.40. The van der Waals surface area contributed by atoms with Gasteiger partial charge in [-0.15, -0.1) is 5.10 Å². The minimum absolute atomic E-state index is 0.115. The summed E-state index contributed by atoms with van der Waals surface area (Å²) in [5.41, 5.74) is -0.0570. The maximum absolute atomic E-state index is 12.1. The van der Waals surface area contributed by atoms with Crippen LogP contribution in [0.3, 0.4) is 0 Å². The molecule has 16 heavy (non-hydrogen) atoms. The first-order valence-electron chi connectivity index (χ1n) is 4.46. The van der Waals surface area contributed by atoms with Crippen molar-refractivity contribution in [1.29, 1.82) is 0 Å². The number of hydrogen-bond donors (Lipinski definition) is 0. The predicted octanol–water partition coefficient (Wildman–Crippen LogP) is 1.19. The van der Waals surface area contributed by atoms with Crippen LogP contribution in [0, 0.1) is 0 Å². The van der Waals surface area contributed by atoms with Gasteiger partial charge in [0.25, 0.3) is 0 Å². The first kappa shape index (κ1) is 12.5. The van der Waals surface area contributed by atoms with Crippen molar-refractivity contribution in [3.63, 3.8) is 0 Å². The fourth-order valence-electron chi connectivity index (χ4n) is 1.23. The molecule has 0 aromatic carbocycles. The molecule has 1 rings (SSSR count). The molecule has 1 heterocycles. The van der Waals surface area contributed by atoms with E-state index in [9.17, 15) is 18.0 Å². The van der Waals surface area contributed by atoms with Gasteiger partial charge in [0.1, 0.15) is 6.54 Å². The molecule has 0 spiro atoms. The smallest absolute Gasteiger partial charge is 0.408 e. The van der Waals surface area contributed by atoms with Crippen molar-refractivity contribution in [2.24, 2.45) is 0 Å². The summed E-state index contributed by atoms with van der Waals surface area (Å²) in [7, 11) is 1.13. The third kappa shape index (κ3) is 2.71. The Morgan fingerprint density at radius 3 is 2.56 bits per heavy atom. The molecule has 1 aromatic heterocycles. The Balaban J connectivity index is 3.04. The lowest BCUT2D eigenvalue weighted by Crippen LogP contribution is -2.20. The Labute approximate surface area is 89.2 Å². The number of esters is 1. The lowest BCUT2D eigenvalue weighted by atomic mass is 10.2. The van der Waals surface area contributed by atoms with E-state index in [0.717, 1.165) is 7.11 Å². The summed E-state index contributed by atoms with van der Waals surface area (Å²) in [6.45, 7) is 0.345. The molecule has 90 valence electrons. The van der Waals surface area contributed by atoms with Crippen molar-refractivity contribution in [2.75, 3.05) is 7.11 Å². The number of rotatable bonds is 3. The molecule has 0 aliphatic carbocycles. The van der Waals surface area contributed by atoms with E-state index in [0.29, 0.717) is 4.68 Å². The number of carbonyl (C=O) groups is 1. The van der Waals surface area contributed by atoms with Crippen LogP contribution in [0.15, 0.2) is 0 Å². The molecule has 0 atom stereocenters. The van der Waals surface area contributed by atoms with Gasteiger partial charge in [0, 0.05) is 0 Å². The summed E-state index contributed by atoms with van der Waals surface area (Å²) in [4.78, 5) is 11.2. The van der Waals surface area contributed by atoms with Crippen molar-refractivity contribution in [3.05, 3.63) is 11.4 Å². The Kier molecular flexibility index (Phi) is 3.51. The Hall–Kier alpha value is -1.60. The maximum Gasteiger partial charge on any atom is 0.408 e. The van der Waals surface area contributed by atoms with E-state index in [1.807, 2.05) is 0 Å². The van der Waals surface area contributed by atoms with Crippen LogP contribution in [0.4, 0.5) is 13.2 Å². The van der Waals surface area contributed by atoms with E-state index in [4.69, 9.17) is 0 Å². The van der Waals surface area contributed by atoms with E-state index in [1.165, 1.54) is 0 Å². The van der Waals surface area contributed by atoms with Crippen LogP contribution in [-0.2, 0) is 17.7 Å². The van der Waals surface area contributed by atoms with Crippen molar-refractivity contribution in [3.8, 4) is 0 Å². The Morgan fingerprint density at radius 1 is 1.50 bits per heavy atom. The fourth-order valence-corrected chi connectivity index (χ4v) is 1.23. The molecule has 0 fully saturated rings. The first-order chi connectivity index (χ1) is 7.39. The topological polar surface area (TPSA) is 57.0 Å². The van der Waals surface area contributed by atoms with Gasteiger partial charge in [-0.25, -0.2) is 9.48 Å². The molecule has 0 saturated carbocycles. The number of nitrogens with zero attached hydrogens (tertiary/aromatic N) is 3. The van der Waals surface area contributed by atoms with Gasteiger partial charge >= 0.3 is 12.1 Å². The van der Waals surface area contributed by atoms with Gasteiger partial charge < -0.3 is 4.74 Å². The molecule has 8 heteroatoms. The molecule has 0 bridgehead atoms. The highest BCUT2D eigenvalue weighted by atomic mass is 19.4. The van der Waals surface area contributed by atoms with Crippen LogP contribution in [0.25, 0.3) is 0 Å². The Morgan fingerprint density at radius 2 is 2.12 bits per heavy atom. The minimum Gasteiger partial charge on any atom is -0.464 e. The largest absolute Gasteiger partial charge is 0.464 e. The zero-order chi connectivity index (χ0) is 12.3. The van der Waals surface area contributed by atoms with Crippen LogP contribution in [0.1, 0.15) is 23.1 Å². The fraction of sp³-hybridized carbons (Fsp3) is 0.625. The first-order valence-corrected chi connectivity index (χ1v) is 4.46. The van der Waals surface area contributed by atoms with Gasteiger partial charge in [0.15, 0.2) is 5.69 Å². The molecular formula is C8H10F3N3O2. The van der Waals surface area contributed by atoms with Crippen LogP contribution in [0.2, 0.25) is 0 Å². The summed E-state index contributed by atoms with van der Waals surface area (Å²) in [6.07, 6.45) is -4.18. The molecule has 0 aliphatic heterocycles. The van der Waals surface area contributed by atoms with E-state index >= 15 is 0 Å². The predicted molar refractivity (Wildman–Crippen MR) is 46.8 cm³/mol. The normalized spacial score (nSPS) is 11.6. The van der Waals surface area contributed by atoms with Crippen molar-refractivity contribution in [1.82, 2.24) is 15.0 Å². The number of hydrogen-bond acceptors (Lipinski definition) is 4. The zero-order valence-corrected chi connectivity index (χ0v) is 8.71. The van der Waals surface area contributed by atoms with E-state index in [-0.39, 0.29) is 17.8 Å². The van der Waals surface area contributed by atoms with Crippen LogP contribution >= 0.6 is 0 Å². The molecule has 1 aromatic rings. The molecule has 0 radical (unpaired) electrons. The lowest BCUT2D eigenvalue weighted by molar-refractivity contribution is -0.143. The Bertz CT molecular complexity index is 386. The van der Waals surface area contributed by atoms with Gasteiger partial charge in [-0.2, -0.15) is 13.2 Å². The monoisotopic (exact) mass is 237 g/mol. The second kappa shape index (κ2) is 4.50. The van der Waals surface area contributed by atoms with Crippen LogP contribution in [0.5, 0.6) is 0 Å². The number of ether oxygens (including phenoxy) is 1. The molecular weight excluding hydrogens is 227 g/mol. The zero-order valence-electron chi connectivity index (χ0n) is 8.71. The number of methoxy groups -OCH3 is 1. The SMILES string of the molecule is CCc1c(C(=O)OC)nnn1CC(F)(F)F. The van der Waals surface area contributed by atoms with Gasteiger partial charge in [-0.05, 0) is 6.42 Å². The quantitative estimate of drug-likeness (QED) is 0.741. The molecule has 0 unspecified atom stereocenters. The molecule has 0 amide bonds. The number of aromatic nitrogens is 3. The van der Waals surface area contributed by atoms with E-state index < -0.39 is 18.7 Å². The standard InChI is InChI=1S/C8H10F3N3O2/c1-3-5-6(7(15)16-2)12-13-14(5)4-8(9,10)11/h3-4H2,1-2H3. The summed E-state index contributed by atoms with van der Waals surface area (Å²) in [6, 6.07) is 0. The molecule has 0 saturated heterocycles. The summed E-state index contributed by atoms with van der Waals surface area (Å²) >= 11 is 0. The molecule has 0 aliphatic rings. The molecule has 0 N–H and O–H groups in total. The number of alkyl halides is 3. The van der Waals surface area contributed by atoms with Crippen LogP contribution < -0.4 is 0 Å². The lowest BCUT2D eigenvalue weighted by Gasteiger charge is -2.08. The molecule has 5 nitrogen and oxygen atoms in total. The van der Waals surface area contributed by atoms with Gasteiger partial charge in [-0.3, -0.25) is 0 Å². The van der Waals surface area contributed by atoms with Gasteiger partial charge in [-0.1, -0.05) is 12.1 Å². The third-order valence-corrected chi connectivity index (χ3v) is 1.88. The number of halogens is 3. The highest BCUT2D eigenvalue weighted by molar-refractivity contribution is 5.88. The van der Waals surface area contributed by atoms with Gasteiger partial charge in [0.05, 0.1) is 12.8 Å². The van der Waals surface area contributed by atoms with Crippen molar-refractivity contribution >= 4 is 5.97 Å². The average molecular weight is 237 g/mol. The highest BCUT2D eigenvalue weighted by Gasteiger charge is 2.31. The highest BCUT2D eigenvalue weighted by Crippen LogP contribution is 2.19. The summed E-state index contributed by atoms with van der Waals surface area (Å²) < 4.78 is 41.5. The van der Waals surface area contributed by atoms with Gasteiger partial charge in [0.2, 0.25) is 0 Å². The van der Waals surface area contributed by atoms with E-state index in [2.05, 4.69) is 15.0 Å². The average Bonchev–Trinajstić information content (AvgIpc) is 2.57. The van der Waals surface area contributed by atoms with E-state index in [1.54, 1.807) is 6.92 Å². The second-order valence-electron chi connectivity index (χ2n) is 3.00. The summed E-state index contributed by atoms with van der Waals surface area (Å²) in [5, 5.41) is 6.67. The number of carbonyl (C=O) groups excluding carboxylic acids is 1. The third-order valence-electron chi connectivity index (χ3n) is 1.88.